The summed E-state index contributed by atoms with van der Waals surface area (Å²) in [5.74, 6) is 0. The topological polar surface area (TPSA) is 24.1 Å². The molecule has 0 fully saturated rings. The van der Waals surface area contributed by atoms with Gasteiger partial charge in [0, 0.05) is 15.4 Å². The minimum absolute atomic E-state index is 0. The molecule has 0 amide bonds. The van der Waals surface area contributed by atoms with E-state index in [2.05, 4.69) is 17.6 Å². The van der Waals surface area contributed by atoms with Crippen LogP contribution in [0.3, 0.4) is 0 Å². The minimum Gasteiger partial charge on any atom is -0.318 e. The van der Waals surface area contributed by atoms with E-state index < -0.39 is 0 Å². The Morgan fingerprint density at radius 2 is 2.11 bits per heavy atom. The molecule has 1 unspecified atom stereocenters. The molecule has 0 aromatic rings. The maximum atomic E-state index is 3.24. The van der Waals surface area contributed by atoms with Crippen molar-refractivity contribution in [2.45, 2.75) is 25.8 Å². The lowest BCUT2D eigenvalue weighted by Crippen LogP contribution is -2.34. The zero-order chi connectivity index (χ0) is 7.11. The third kappa shape index (κ3) is 4.43. The molecule has 1 atom stereocenters. The van der Waals surface area contributed by atoms with Crippen LogP contribution in [0.15, 0.2) is 0 Å². The van der Waals surface area contributed by atoms with Crippen molar-refractivity contribution >= 4 is 0 Å². The van der Waals surface area contributed by atoms with Crippen molar-refractivity contribution in [1.82, 2.24) is 10.6 Å². The highest BCUT2D eigenvalue weighted by Gasteiger charge is 2.00. The molecule has 0 aromatic carbocycles. The average molecular weight is 134 g/mol. The molecule has 2 nitrogen and oxygen atoms in total. The van der Waals surface area contributed by atoms with Gasteiger partial charge in [0.2, 0.25) is 0 Å². The molecular weight excluding hydrogens is 112 g/mol. The number of likely N-dealkylation sites (N-methyl/N-ethyl adjacent to an activating group) is 2. The Kier molecular flexibility index (Phi) is 5.99. The summed E-state index contributed by atoms with van der Waals surface area (Å²) in [5.41, 5.74) is 0. The molecule has 0 aliphatic heterocycles. The fourth-order valence-electron chi connectivity index (χ4n) is 0.943. The Morgan fingerprint density at radius 1 is 1.44 bits per heavy atom. The Bertz CT molecular complexity index is 56.4. The van der Waals surface area contributed by atoms with Crippen LogP contribution in [0.2, 0.25) is 0 Å². The maximum absolute atomic E-state index is 3.24. The summed E-state index contributed by atoms with van der Waals surface area (Å²) >= 11 is 0. The second kappa shape index (κ2) is 6.05. The van der Waals surface area contributed by atoms with Gasteiger partial charge < -0.3 is 10.6 Å². The van der Waals surface area contributed by atoms with Crippen molar-refractivity contribution < 1.29 is 2.85 Å². The highest BCUT2D eigenvalue weighted by molar-refractivity contribution is 4.64. The number of hydrogen-bond acceptors (Lipinski definition) is 2. The quantitative estimate of drug-likeness (QED) is 0.588. The van der Waals surface area contributed by atoms with E-state index in [-0.39, 0.29) is 2.85 Å². The van der Waals surface area contributed by atoms with E-state index in [0.29, 0.717) is 6.04 Å². The van der Waals surface area contributed by atoms with Gasteiger partial charge in [0.15, 0.2) is 0 Å². The molecule has 2 heteroatoms. The summed E-state index contributed by atoms with van der Waals surface area (Å²) in [6, 6.07) is 0.653. The minimum atomic E-state index is 0. The van der Waals surface area contributed by atoms with E-state index in [4.69, 9.17) is 0 Å². The molecule has 0 saturated heterocycles. The van der Waals surface area contributed by atoms with Crippen LogP contribution in [-0.2, 0) is 0 Å². The second-order valence-corrected chi connectivity index (χ2v) is 2.33. The molecule has 0 spiro atoms. The molecular formula is C7H22N2. The van der Waals surface area contributed by atoms with Crippen molar-refractivity contribution in [1.29, 1.82) is 0 Å². The van der Waals surface area contributed by atoms with E-state index in [1.54, 1.807) is 0 Å². The highest BCUT2D eigenvalue weighted by atomic mass is 14.9. The van der Waals surface area contributed by atoms with Gasteiger partial charge in [0.1, 0.15) is 0 Å². The smallest absolute Gasteiger partial charge is 0.0189 e. The largest absolute Gasteiger partial charge is 0.318 e. The van der Waals surface area contributed by atoms with Crippen molar-refractivity contribution in [3.05, 3.63) is 0 Å². The molecule has 0 aliphatic carbocycles. The predicted molar refractivity (Wildman–Crippen MR) is 45.9 cm³/mol. The van der Waals surface area contributed by atoms with Gasteiger partial charge in [-0.1, -0.05) is 13.3 Å². The summed E-state index contributed by atoms with van der Waals surface area (Å²) in [6.45, 7) is 3.28. The van der Waals surface area contributed by atoms with Gasteiger partial charge in [-0.2, -0.15) is 0 Å². The van der Waals surface area contributed by atoms with Crippen LogP contribution in [0.5, 0.6) is 0 Å². The molecule has 0 aliphatic rings. The first-order valence-corrected chi connectivity index (χ1v) is 3.67. The Morgan fingerprint density at radius 3 is 2.44 bits per heavy atom. The third-order valence-corrected chi connectivity index (χ3v) is 1.50. The fourth-order valence-corrected chi connectivity index (χ4v) is 0.943. The summed E-state index contributed by atoms with van der Waals surface area (Å²) < 4.78 is 0. The van der Waals surface area contributed by atoms with E-state index >= 15 is 0 Å². The Hall–Kier alpha value is -0.0800. The van der Waals surface area contributed by atoms with Crippen molar-refractivity contribution in [3.8, 4) is 0 Å². The lowest BCUT2D eigenvalue weighted by atomic mass is 10.2. The van der Waals surface area contributed by atoms with Gasteiger partial charge in [-0.05, 0) is 20.5 Å². The molecule has 9 heavy (non-hydrogen) atoms. The fraction of sp³-hybridized carbons (Fsp3) is 1.00. The van der Waals surface area contributed by atoms with E-state index in [9.17, 15) is 0 Å². The summed E-state index contributed by atoms with van der Waals surface area (Å²) in [6.07, 6.45) is 2.52. The van der Waals surface area contributed by atoms with Crippen LogP contribution in [0.1, 0.15) is 22.6 Å². The molecule has 0 saturated carbocycles. The molecule has 0 heterocycles. The van der Waals surface area contributed by atoms with Gasteiger partial charge in [0.25, 0.3) is 0 Å². The zero-order valence-corrected chi connectivity index (χ0v) is 6.70. The van der Waals surface area contributed by atoms with Crippen LogP contribution in [0, 0.1) is 0 Å². The van der Waals surface area contributed by atoms with Gasteiger partial charge >= 0.3 is 0 Å². The van der Waals surface area contributed by atoms with Gasteiger partial charge in [-0.3, -0.25) is 0 Å². The normalized spacial score (nSPS) is 13.7. The van der Waals surface area contributed by atoms with Crippen molar-refractivity contribution in [2.24, 2.45) is 0 Å². The Balaban J connectivity index is -0.000000320. The average Bonchev–Trinajstić information content (AvgIpc) is 1.88. The standard InChI is InChI=1S/C7H18N2.2H2/c1-4-5-7(9-3)6-8-2;;/h7-9H,4-6H2,1-3H3;2*1H. The predicted octanol–water partition coefficient (Wildman–Crippen LogP) is 1.09. The molecule has 60 valence electrons. The van der Waals surface area contributed by atoms with Crippen LogP contribution in [0.25, 0.3) is 0 Å². The van der Waals surface area contributed by atoms with Crippen molar-refractivity contribution in [2.75, 3.05) is 20.6 Å². The molecule has 0 radical (unpaired) electrons. The lowest BCUT2D eigenvalue weighted by Gasteiger charge is -2.13. The van der Waals surface area contributed by atoms with Crippen LogP contribution >= 0.6 is 0 Å². The number of rotatable bonds is 5. The van der Waals surface area contributed by atoms with Crippen LogP contribution < -0.4 is 10.6 Å². The second-order valence-electron chi connectivity index (χ2n) is 2.33. The SMILES string of the molecule is CCCC(CNC)NC.[HH].[HH]. The molecule has 0 rings (SSSR count). The summed E-state index contributed by atoms with van der Waals surface area (Å²) in [7, 11) is 4.00. The van der Waals surface area contributed by atoms with Crippen LogP contribution in [0.4, 0.5) is 0 Å². The number of hydrogen-bond donors (Lipinski definition) is 2. The maximum Gasteiger partial charge on any atom is 0.0189 e. The van der Waals surface area contributed by atoms with Gasteiger partial charge in [-0.15, -0.1) is 0 Å². The molecule has 2 N–H and O–H groups in total. The highest BCUT2D eigenvalue weighted by Crippen LogP contribution is 1.92. The first kappa shape index (κ1) is 8.92. The molecule has 0 bridgehead atoms. The van der Waals surface area contributed by atoms with Crippen molar-refractivity contribution in [3.63, 3.8) is 0 Å². The van der Waals surface area contributed by atoms with E-state index in [1.807, 2.05) is 14.1 Å². The first-order chi connectivity index (χ1) is 4.35. The molecule has 0 aromatic heterocycles. The monoisotopic (exact) mass is 134 g/mol. The number of nitrogens with one attached hydrogen (secondary N) is 2. The third-order valence-electron chi connectivity index (χ3n) is 1.50. The van der Waals surface area contributed by atoms with E-state index in [1.165, 1.54) is 12.8 Å². The lowest BCUT2D eigenvalue weighted by molar-refractivity contribution is 0.494. The van der Waals surface area contributed by atoms with Crippen LogP contribution in [-0.4, -0.2) is 26.7 Å². The van der Waals surface area contributed by atoms with E-state index in [0.717, 1.165) is 6.54 Å². The first-order valence-electron chi connectivity index (χ1n) is 3.67. The Labute approximate surface area is 61.0 Å². The summed E-state index contributed by atoms with van der Waals surface area (Å²) in [4.78, 5) is 0. The van der Waals surface area contributed by atoms with Gasteiger partial charge in [0.05, 0.1) is 0 Å². The zero-order valence-electron chi connectivity index (χ0n) is 6.70. The van der Waals surface area contributed by atoms with Gasteiger partial charge in [-0.25, -0.2) is 0 Å². The summed E-state index contributed by atoms with van der Waals surface area (Å²) in [5, 5.41) is 6.38.